The van der Waals surface area contributed by atoms with E-state index in [2.05, 4.69) is 54.0 Å². The zero-order chi connectivity index (χ0) is 19.6. The highest BCUT2D eigenvalue weighted by Gasteiger charge is 2.23. The molecule has 1 aromatic carbocycles. The van der Waals surface area contributed by atoms with Crippen LogP contribution >= 0.6 is 11.6 Å². The summed E-state index contributed by atoms with van der Waals surface area (Å²) in [5.41, 5.74) is 6.99. The summed E-state index contributed by atoms with van der Waals surface area (Å²) in [6.45, 7) is 16.1. The molecule has 0 amide bonds. The van der Waals surface area contributed by atoms with Gasteiger partial charge in [0, 0.05) is 75.4 Å². The summed E-state index contributed by atoms with van der Waals surface area (Å²) in [6.07, 6.45) is 0. The number of aryl methyl sites for hydroxylation is 3. The Hall–Kier alpha value is -1.56. The van der Waals surface area contributed by atoms with Crippen molar-refractivity contribution in [3.8, 4) is 11.1 Å². The molecule has 1 saturated heterocycles. The second-order valence-corrected chi connectivity index (χ2v) is 7.84. The molecule has 6 heteroatoms. The van der Waals surface area contributed by atoms with Crippen molar-refractivity contribution in [2.24, 2.45) is 7.05 Å². The zero-order valence-corrected chi connectivity index (χ0v) is 18.0. The summed E-state index contributed by atoms with van der Waals surface area (Å²) in [6, 6.07) is 4.15. The lowest BCUT2D eigenvalue weighted by Crippen LogP contribution is -2.46. The van der Waals surface area contributed by atoms with Crippen molar-refractivity contribution < 1.29 is 0 Å². The summed E-state index contributed by atoms with van der Waals surface area (Å²) >= 11 is 6.76. The van der Waals surface area contributed by atoms with E-state index >= 15 is 0 Å². The molecule has 2 aromatic rings. The minimum Gasteiger partial charge on any atom is -0.370 e. The molecular formula is C21H32ClN5. The number of piperazine rings is 1. The Kier molecular flexibility index (Phi) is 6.45. The van der Waals surface area contributed by atoms with Gasteiger partial charge in [0.25, 0.3) is 0 Å². The maximum atomic E-state index is 6.76. The summed E-state index contributed by atoms with van der Waals surface area (Å²) in [5.74, 6) is 0. The third-order valence-corrected chi connectivity index (χ3v) is 6.00. The first kappa shape index (κ1) is 20.2. The number of anilines is 1. The van der Waals surface area contributed by atoms with Gasteiger partial charge in [-0.1, -0.05) is 17.7 Å². The average Bonchev–Trinajstić information content (AvgIpc) is 2.91. The van der Waals surface area contributed by atoms with E-state index in [4.69, 9.17) is 11.6 Å². The number of hydrogen-bond acceptors (Lipinski definition) is 4. The Morgan fingerprint density at radius 2 is 1.85 bits per heavy atom. The molecule has 148 valence electrons. The van der Waals surface area contributed by atoms with Gasteiger partial charge in [-0.05, 0) is 39.3 Å². The van der Waals surface area contributed by atoms with Crippen molar-refractivity contribution in [3.63, 3.8) is 0 Å². The molecule has 0 saturated carbocycles. The maximum Gasteiger partial charge on any atom is 0.0676 e. The molecule has 0 spiro atoms. The van der Waals surface area contributed by atoms with Crippen LogP contribution < -0.4 is 10.2 Å². The number of likely N-dealkylation sites (N-methyl/N-ethyl adjacent to an activating group) is 1. The first-order valence-corrected chi connectivity index (χ1v) is 10.3. The van der Waals surface area contributed by atoms with Gasteiger partial charge in [0.15, 0.2) is 0 Å². The standard InChI is InChI=1S/C21H32ClN5/c1-6-27(14-13-26-11-9-23-10-12-26)21-15(2)7-8-18(22)20(21)19-16(3)24-25(5)17(19)4/h7-8,23H,6,9-14H2,1-5H3. The van der Waals surface area contributed by atoms with Crippen LogP contribution in [0.4, 0.5) is 5.69 Å². The summed E-state index contributed by atoms with van der Waals surface area (Å²) in [7, 11) is 2.00. The monoisotopic (exact) mass is 389 g/mol. The van der Waals surface area contributed by atoms with E-state index in [-0.39, 0.29) is 0 Å². The SMILES string of the molecule is CCN(CCN1CCNCC1)c1c(C)ccc(Cl)c1-c1c(C)nn(C)c1C. The summed E-state index contributed by atoms with van der Waals surface area (Å²) < 4.78 is 1.95. The van der Waals surface area contributed by atoms with Crippen molar-refractivity contribution >= 4 is 17.3 Å². The molecule has 1 fully saturated rings. The molecule has 27 heavy (non-hydrogen) atoms. The highest BCUT2D eigenvalue weighted by molar-refractivity contribution is 6.34. The Morgan fingerprint density at radius 3 is 2.44 bits per heavy atom. The van der Waals surface area contributed by atoms with E-state index in [0.29, 0.717) is 0 Å². The average molecular weight is 390 g/mol. The molecule has 3 rings (SSSR count). The largest absolute Gasteiger partial charge is 0.370 e. The number of hydrogen-bond donors (Lipinski definition) is 1. The normalized spacial score (nSPS) is 15.3. The van der Waals surface area contributed by atoms with Crippen LogP contribution in [0.25, 0.3) is 11.1 Å². The van der Waals surface area contributed by atoms with Gasteiger partial charge in [0.2, 0.25) is 0 Å². The molecule has 2 heterocycles. The van der Waals surface area contributed by atoms with E-state index in [0.717, 1.165) is 67.8 Å². The molecule has 1 aliphatic heterocycles. The lowest BCUT2D eigenvalue weighted by Gasteiger charge is -2.33. The van der Waals surface area contributed by atoms with Gasteiger partial charge >= 0.3 is 0 Å². The molecule has 0 bridgehead atoms. The lowest BCUT2D eigenvalue weighted by atomic mass is 9.97. The molecular weight excluding hydrogens is 358 g/mol. The van der Waals surface area contributed by atoms with E-state index in [1.807, 2.05) is 17.8 Å². The predicted octanol–water partition coefficient (Wildman–Crippen LogP) is 3.40. The van der Waals surface area contributed by atoms with Crippen molar-refractivity contribution in [1.82, 2.24) is 20.0 Å². The molecule has 0 unspecified atom stereocenters. The molecule has 1 aliphatic rings. The third-order valence-electron chi connectivity index (χ3n) is 5.68. The second kappa shape index (κ2) is 8.63. The molecule has 1 N–H and O–H groups in total. The van der Waals surface area contributed by atoms with Crippen LogP contribution in [0, 0.1) is 20.8 Å². The molecule has 0 atom stereocenters. The first-order chi connectivity index (χ1) is 12.9. The predicted molar refractivity (Wildman–Crippen MR) is 115 cm³/mol. The van der Waals surface area contributed by atoms with Crippen LogP contribution in [0.3, 0.4) is 0 Å². The molecule has 0 radical (unpaired) electrons. The number of rotatable bonds is 6. The van der Waals surface area contributed by atoms with Gasteiger partial charge in [0.05, 0.1) is 10.7 Å². The smallest absolute Gasteiger partial charge is 0.0676 e. The quantitative estimate of drug-likeness (QED) is 0.821. The Morgan fingerprint density at radius 1 is 1.15 bits per heavy atom. The minimum absolute atomic E-state index is 0.801. The highest BCUT2D eigenvalue weighted by Crippen LogP contribution is 2.42. The van der Waals surface area contributed by atoms with E-state index in [9.17, 15) is 0 Å². The summed E-state index contributed by atoms with van der Waals surface area (Å²) in [5, 5.41) is 8.86. The van der Waals surface area contributed by atoms with Gasteiger partial charge < -0.3 is 10.2 Å². The Bertz CT molecular complexity index is 792. The fourth-order valence-electron chi connectivity index (χ4n) is 4.08. The fraction of sp³-hybridized carbons (Fsp3) is 0.571. The van der Waals surface area contributed by atoms with Crippen LogP contribution in [-0.2, 0) is 7.05 Å². The van der Waals surface area contributed by atoms with E-state index in [1.165, 1.54) is 16.8 Å². The van der Waals surface area contributed by atoms with E-state index in [1.54, 1.807) is 0 Å². The fourth-order valence-corrected chi connectivity index (χ4v) is 4.32. The number of halogens is 1. The van der Waals surface area contributed by atoms with Gasteiger partial charge in [-0.2, -0.15) is 5.10 Å². The number of nitrogens with zero attached hydrogens (tertiary/aromatic N) is 4. The van der Waals surface area contributed by atoms with Crippen molar-refractivity contribution in [1.29, 1.82) is 0 Å². The molecule has 0 aliphatic carbocycles. The van der Waals surface area contributed by atoms with Crippen LogP contribution in [0.5, 0.6) is 0 Å². The topological polar surface area (TPSA) is 36.3 Å². The van der Waals surface area contributed by atoms with Crippen LogP contribution in [0.2, 0.25) is 5.02 Å². The van der Waals surface area contributed by atoms with Crippen LogP contribution in [-0.4, -0.2) is 60.5 Å². The van der Waals surface area contributed by atoms with Crippen LogP contribution in [0.15, 0.2) is 12.1 Å². The van der Waals surface area contributed by atoms with Crippen molar-refractivity contribution in [3.05, 3.63) is 34.1 Å². The second-order valence-electron chi connectivity index (χ2n) is 7.43. The van der Waals surface area contributed by atoms with Gasteiger partial charge in [0.1, 0.15) is 0 Å². The number of nitrogens with one attached hydrogen (secondary N) is 1. The number of benzene rings is 1. The third kappa shape index (κ3) is 4.15. The van der Waals surface area contributed by atoms with Crippen LogP contribution in [0.1, 0.15) is 23.9 Å². The summed E-state index contributed by atoms with van der Waals surface area (Å²) in [4.78, 5) is 5.02. The highest BCUT2D eigenvalue weighted by atomic mass is 35.5. The molecule has 1 aromatic heterocycles. The Labute approximate surface area is 168 Å². The number of aromatic nitrogens is 2. The maximum absolute atomic E-state index is 6.76. The Balaban J connectivity index is 1.99. The van der Waals surface area contributed by atoms with E-state index < -0.39 is 0 Å². The van der Waals surface area contributed by atoms with Gasteiger partial charge in [-0.15, -0.1) is 0 Å². The zero-order valence-electron chi connectivity index (χ0n) is 17.3. The van der Waals surface area contributed by atoms with Gasteiger partial charge in [-0.25, -0.2) is 0 Å². The lowest BCUT2D eigenvalue weighted by molar-refractivity contribution is 0.246. The minimum atomic E-state index is 0.801. The van der Waals surface area contributed by atoms with Crippen molar-refractivity contribution in [2.45, 2.75) is 27.7 Å². The van der Waals surface area contributed by atoms with Gasteiger partial charge in [-0.3, -0.25) is 9.58 Å². The first-order valence-electron chi connectivity index (χ1n) is 9.91. The molecule has 5 nitrogen and oxygen atoms in total. The van der Waals surface area contributed by atoms with Crippen molar-refractivity contribution in [2.75, 3.05) is 50.7 Å².